The second kappa shape index (κ2) is 11.9. The molecular weight excluding hydrogens is 364 g/mol. The van der Waals surface area contributed by atoms with Gasteiger partial charge in [-0.3, -0.25) is 4.79 Å². The summed E-state index contributed by atoms with van der Waals surface area (Å²) in [5.41, 5.74) is 2.49. The monoisotopic (exact) mass is 396 g/mol. The zero-order chi connectivity index (χ0) is 21.1. The highest BCUT2D eigenvalue weighted by Crippen LogP contribution is 2.31. The number of hydrogen-bond acceptors (Lipinski definition) is 4. The molecule has 2 rings (SSSR count). The number of rotatable bonds is 12. The van der Waals surface area contributed by atoms with Crippen molar-refractivity contribution in [1.82, 2.24) is 0 Å². The minimum absolute atomic E-state index is 0.0559. The lowest BCUT2D eigenvalue weighted by Crippen LogP contribution is -2.02. The molecule has 0 fully saturated rings. The number of hydrogen-bond donors (Lipinski definition) is 0. The molecule has 0 aliphatic rings. The van der Waals surface area contributed by atoms with E-state index in [9.17, 15) is 4.79 Å². The number of allylic oxidation sites excluding steroid dienone is 1. The summed E-state index contributed by atoms with van der Waals surface area (Å²) in [7, 11) is 0. The molecule has 0 spiro atoms. The third-order valence-corrected chi connectivity index (χ3v) is 4.30. The van der Waals surface area contributed by atoms with Crippen LogP contribution >= 0.6 is 0 Å². The van der Waals surface area contributed by atoms with Crippen LogP contribution < -0.4 is 14.2 Å². The van der Waals surface area contributed by atoms with Crippen molar-refractivity contribution in [2.75, 3.05) is 19.8 Å². The smallest absolute Gasteiger partial charge is 0.185 e. The molecule has 0 amide bonds. The molecule has 0 aromatic heterocycles. The van der Waals surface area contributed by atoms with Crippen LogP contribution in [0.5, 0.6) is 17.2 Å². The predicted molar refractivity (Wildman–Crippen MR) is 118 cm³/mol. The summed E-state index contributed by atoms with van der Waals surface area (Å²) < 4.78 is 17.3. The van der Waals surface area contributed by atoms with Crippen LogP contribution in [0.2, 0.25) is 0 Å². The van der Waals surface area contributed by atoms with Crippen LogP contribution in [0.4, 0.5) is 0 Å². The first-order valence-corrected chi connectivity index (χ1v) is 10.4. The Kier molecular flexibility index (Phi) is 9.29. The van der Waals surface area contributed by atoms with Gasteiger partial charge in [0.2, 0.25) is 0 Å². The quantitative estimate of drug-likeness (QED) is 0.314. The Balaban J connectivity index is 2.17. The first-order valence-electron chi connectivity index (χ1n) is 10.4. The lowest BCUT2D eigenvalue weighted by atomic mass is 10.1. The van der Waals surface area contributed by atoms with Gasteiger partial charge in [0.05, 0.1) is 19.8 Å². The highest BCUT2D eigenvalue weighted by atomic mass is 16.5. The fourth-order valence-corrected chi connectivity index (χ4v) is 2.71. The topological polar surface area (TPSA) is 44.8 Å². The van der Waals surface area contributed by atoms with Crippen molar-refractivity contribution < 1.29 is 19.0 Å². The van der Waals surface area contributed by atoms with Gasteiger partial charge in [-0.2, -0.15) is 0 Å². The molecule has 2 aromatic rings. The molecule has 0 aliphatic carbocycles. The van der Waals surface area contributed by atoms with E-state index in [2.05, 4.69) is 20.8 Å². The van der Waals surface area contributed by atoms with Gasteiger partial charge in [-0.15, -0.1) is 0 Å². The molecule has 0 N–H and O–H groups in total. The van der Waals surface area contributed by atoms with Gasteiger partial charge >= 0.3 is 0 Å². The molecule has 0 bridgehead atoms. The molecular formula is C25H32O4. The first-order chi connectivity index (χ1) is 14.1. The molecule has 0 radical (unpaired) electrons. The van der Waals surface area contributed by atoms with Crippen LogP contribution in [-0.4, -0.2) is 25.6 Å². The summed E-state index contributed by atoms with van der Waals surface area (Å²) in [5.74, 6) is 2.32. The average molecular weight is 397 g/mol. The van der Waals surface area contributed by atoms with Crippen LogP contribution in [-0.2, 0) is 0 Å². The molecule has 29 heavy (non-hydrogen) atoms. The SMILES string of the molecule is CCCOc1ccc(C(=O)C=Cc2cc(OCCC)c(C)c(OCCC)c2)cc1. The second-order valence-electron chi connectivity index (χ2n) is 6.91. The van der Waals surface area contributed by atoms with Crippen LogP contribution in [0.1, 0.15) is 61.5 Å². The third-order valence-electron chi connectivity index (χ3n) is 4.30. The van der Waals surface area contributed by atoms with Gasteiger partial charge in [0.1, 0.15) is 17.2 Å². The zero-order valence-electron chi connectivity index (χ0n) is 18.0. The van der Waals surface area contributed by atoms with E-state index in [1.807, 2.05) is 31.2 Å². The summed E-state index contributed by atoms with van der Waals surface area (Å²) in [6.45, 7) is 10.2. The van der Waals surface area contributed by atoms with Crippen LogP contribution in [0.15, 0.2) is 42.5 Å². The van der Waals surface area contributed by atoms with E-state index in [1.54, 1.807) is 24.3 Å². The van der Waals surface area contributed by atoms with Crippen molar-refractivity contribution in [1.29, 1.82) is 0 Å². The van der Waals surface area contributed by atoms with E-state index in [-0.39, 0.29) is 5.78 Å². The van der Waals surface area contributed by atoms with Crippen molar-refractivity contribution >= 4 is 11.9 Å². The number of carbonyl (C=O) groups is 1. The largest absolute Gasteiger partial charge is 0.494 e. The van der Waals surface area contributed by atoms with Gasteiger partial charge in [-0.25, -0.2) is 0 Å². The van der Waals surface area contributed by atoms with Crippen LogP contribution in [0.3, 0.4) is 0 Å². The molecule has 0 aliphatic heterocycles. The Labute approximate surface area is 174 Å². The van der Waals surface area contributed by atoms with Crippen LogP contribution in [0.25, 0.3) is 6.08 Å². The lowest BCUT2D eigenvalue weighted by Gasteiger charge is -2.14. The Bertz CT molecular complexity index is 777. The average Bonchev–Trinajstić information content (AvgIpc) is 2.75. The van der Waals surface area contributed by atoms with Gasteiger partial charge in [0.25, 0.3) is 0 Å². The van der Waals surface area contributed by atoms with Crippen molar-refractivity contribution in [2.24, 2.45) is 0 Å². The molecule has 0 unspecified atom stereocenters. The van der Waals surface area contributed by atoms with Crippen molar-refractivity contribution in [3.63, 3.8) is 0 Å². The minimum Gasteiger partial charge on any atom is -0.494 e. The molecule has 0 saturated heterocycles. The Hall–Kier alpha value is -2.75. The fraction of sp³-hybridized carbons (Fsp3) is 0.400. The van der Waals surface area contributed by atoms with Gasteiger partial charge in [0, 0.05) is 11.1 Å². The second-order valence-corrected chi connectivity index (χ2v) is 6.91. The summed E-state index contributed by atoms with van der Waals surface area (Å²) in [5, 5.41) is 0. The predicted octanol–water partition coefficient (Wildman–Crippen LogP) is 6.26. The number of carbonyl (C=O) groups excluding carboxylic acids is 1. The standard InChI is InChI=1S/C25H32O4/c1-5-14-27-22-11-9-21(10-12-22)23(26)13-8-20-17-24(28-15-6-2)19(4)25(18-20)29-16-7-3/h8-13,17-18H,5-7,14-16H2,1-4H3. The molecule has 0 atom stereocenters. The molecule has 2 aromatic carbocycles. The van der Waals surface area contributed by atoms with Crippen molar-refractivity contribution in [3.8, 4) is 17.2 Å². The maximum Gasteiger partial charge on any atom is 0.185 e. The highest BCUT2D eigenvalue weighted by Gasteiger charge is 2.10. The first kappa shape index (κ1) is 22.5. The molecule has 0 heterocycles. The van der Waals surface area contributed by atoms with Gasteiger partial charge in [-0.05, 0) is 74.2 Å². The van der Waals surface area contributed by atoms with E-state index >= 15 is 0 Å². The minimum atomic E-state index is -0.0559. The van der Waals surface area contributed by atoms with E-state index < -0.39 is 0 Å². The Morgan fingerprint density at radius 2 is 1.34 bits per heavy atom. The summed E-state index contributed by atoms with van der Waals surface area (Å²) in [6, 6.07) is 11.1. The number of ether oxygens (including phenoxy) is 3. The Morgan fingerprint density at radius 1 is 0.828 bits per heavy atom. The molecule has 156 valence electrons. The van der Waals surface area contributed by atoms with Crippen molar-refractivity contribution in [3.05, 3.63) is 59.2 Å². The summed E-state index contributed by atoms with van der Waals surface area (Å²) in [4.78, 5) is 12.5. The zero-order valence-corrected chi connectivity index (χ0v) is 18.0. The molecule has 4 nitrogen and oxygen atoms in total. The van der Waals surface area contributed by atoms with Crippen molar-refractivity contribution in [2.45, 2.75) is 47.0 Å². The third kappa shape index (κ3) is 6.97. The van der Waals surface area contributed by atoms with E-state index in [1.165, 1.54) is 0 Å². The Morgan fingerprint density at radius 3 is 1.86 bits per heavy atom. The van der Waals surface area contributed by atoms with Gasteiger partial charge in [0.15, 0.2) is 5.78 Å². The van der Waals surface area contributed by atoms with E-state index in [0.29, 0.717) is 25.4 Å². The normalized spacial score (nSPS) is 10.9. The maximum absolute atomic E-state index is 12.5. The number of ketones is 1. The summed E-state index contributed by atoms with van der Waals surface area (Å²) >= 11 is 0. The van der Waals surface area contributed by atoms with Crippen LogP contribution in [0, 0.1) is 6.92 Å². The highest BCUT2D eigenvalue weighted by molar-refractivity contribution is 6.06. The maximum atomic E-state index is 12.5. The van der Waals surface area contributed by atoms with E-state index in [4.69, 9.17) is 14.2 Å². The molecule has 4 heteroatoms. The van der Waals surface area contributed by atoms with E-state index in [0.717, 1.165) is 47.6 Å². The van der Waals surface area contributed by atoms with Gasteiger partial charge in [-0.1, -0.05) is 26.8 Å². The summed E-state index contributed by atoms with van der Waals surface area (Å²) in [6.07, 6.45) is 6.21. The fourth-order valence-electron chi connectivity index (χ4n) is 2.71. The lowest BCUT2D eigenvalue weighted by molar-refractivity contribution is 0.104. The van der Waals surface area contributed by atoms with Gasteiger partial charge < -0.3 is 14.2 Å². The number of benzene rings is 2. The molecule has 0 saturated carbocycles.